The number of nitrogens with one attached hydrogen (secondary N) is 1. The average molecular weight is 395 g/mol. The largest absolute Gasteiger partial charge is 0.497 e. The lowest BCUT2D eigenvalue weighted by Gasteiger charge is -2.19. The Kier molecular flexibility index (Phi) is 6.08. The molecule has 0 bridgehead atoms. The molecule has 0 aliphatic rings. The van der Waals surface area contributed by atoms with Crippen LogP contribution in [0.25, 0.3) is 0 Å². The molecule has 0 fully saturated rings. The maximum absolute atomic E-state index is 11.9. The molecule has 3 rings (SSSR count). The predicted octanol–water partition coefficient (Wildman–Crippen LogP) is 3.78. The van der Waals surface area contributed by atoms with Crippen LogP contribution in [0.15, 0.2) is 54.9 Å². The minimum absolute atomic E-state index is 0.0726. The van der Waals surface area contributed by atoms with Gasteiger partial charge in [-0.2, -0.15) is 0 Å². The third-order valence-corrected chi connectivity index (χ3v) is 4.27. The van der Waals surface area contributed by atoms with E-state index in [2.05, 4.69) is 15.3 Å². The van der Waals surface area contributed by atoms with E-state index >= 15 is 0 Å². The minimum atomic E-state index is -0.491. The van der Waals surface area contributed by atoms with E-state index in [1.54, 1.807) is 37.3 Å². The van der Waals surface area contributed by atoms with Crippen LogP contribution in [0.3, 0.4) is 0 Å². The van der Waals surface area contributed by atoms with Gasteiger partial charge in [0.05, 0.1) is 24.8 Å². The fourth-order valence-corrected chi connectivity index (χ4v) is 2.87. The fourth-order valence-electron chi connectivity index (χ4n) is 2.87. The fraction of sp³-hybridized carbons (Fsp3) is 0.200. The van der Waals surface area contributed by atoms with Crippen LogP contribution in [-0.4, -0.2) is 36.2 Å². The highest BCUT2D eigenvalue weighted by atomic mass is 16.6. The molecular weight excluding hydrogens is 374 g/mol. The van der Waals surface area contributed by atoms with E-state index in [-0.39, 0.29) is 17.3 Å². The lowest BCUT2D eigenvalue weighted by atomic mass is 10.2. The zero-order valence-corrected chi connectivity index (χ0v) is 16.3. The molecule has 1 N–H and O–H groups in total. The van der Waals surface area contributed by atoms with Crippen LogP contribution in [0.4, 0.5) is 23.0 Å². The van der Waals surface area contributed by atoms with Gasteiger partial charge in [0, 0.05) is 19.7 Å². The molecule has 9 nitrogen and oxygen atoms in total. The van der Waals surface area contributed by atoms with Crippen LogP contribution >= 0.6 is 0 Å². The number of nitro groups is 1. The third-order valence-electron chi connectivity index (χ3n) is 4.27. The Morgan fingerprint density at radius 1 is 1.10 bits per heavy atom. The molecule has 2 aromatic carbocycles. The SMILES string of the molecule is COc1ccc(Nc2ncnc(N(C)Cc3ccccc3)c2[N+](=O)[O-])c(OC)c1. The smallest absolute Gasteiger partial charge is 0.353 e. The second-order valence-electron chi connectivity index (χ2n) is 6.18. The quantitative estimate of drug-likeness (QED) is 0.454. The van der Waals surface area contributed by atoms with E-state index < -0.39 is 4.92 Å². The van der Waals surface area contributed by atoms with Crippen LogP contribution in [0, 0.1) is 10.1 Å². The number of hydrogen-bond acceptors (Lipinski definition) is 8. The van der Waals surface area contributed by atoms with Crippen molar-refractivity contribution in [2.75, 3.05) is 31.5 Å². The Balaban J connectivity index is 1.96. The van der Waals surface area contributed by atoms with Gasteiger partial charge in [-0.15, -0.1) is 0 Å². The number of hydrogen-bond donors (Lipinski definition) is 1. The summed E-state index contributed by atoms with van der Waals surface area (Å²) in [5.41, 5.74) is 1.31. The zero-order chi connectivity index (χ0) is 20.8. The zero-order valence-electron chi connectivity index (χ0n) is 16.3. The highest BCUT2D eigenvalue weighted by molar-refractivity contribution is 5.76. The average Bonchev–Trinajstić information content (AvgIpc) is 2.74. The van der Waals surface area contributed by atoms with E-state index in [1.165, 1.54) is 13.4 Å². The first-order valence-corrected chi connectivity index (χ1v) is 8.77. The number of rotatable bonds is 8. The van der Waals surface area contributed by atoms with Crippen LogP contribution < -0.4 is 19.7 Å². The molecule has 9 heteroatoms. The van der Waals surface area contributed by atoms with Gasteiger partial charge >= 0.3 is 5.69 Å². The van der Waals surface area contributed by atoms with Gasteiger partial charge in [-0.05, 0) is 17.7 Å². The molecule has 0 radical (unpaired) electrons. The lowest BCUT2D eigenvalue weighted by Crippen LogP contribution is -2.20. The first-order chi connectivity index (χ1) is 14.0. The number of aromatic nitrogens is 2. The van der Waals surface area contributed by atoms with Crippen molar-refractivity contribution in [2.45, 2.75) is 6.54 Å². The first-order valence-electron chi connectivity index (χ1n) is 8.77. The van der Waals surface area contributed by atoms with Gasteiger partial charge < -0.3 is 19.7 Å². The van der Waals surface area contributed by atoms with Crippen LogP contribution in [0.1, 0.15) is 5.56 Å². The second kappa shape index (κ2) is 8.87. The van der Waals surface area contributed by atoms with Crippen molar-refractivity contribution >= 4 is 23.0 Å². The normalized spacial score (nSPS) is 10.3. The van der Waals surface area contributed by atoms with Gasteiger partial charge in [0.2, 0.25) is 11.6 Å². The number of ether oxygens (including phenoxy) is 2. The summed E-state index contributed by atoms with van der Waals surface area (Å²) in [6.45, 7) is 0.462. The topological polar surface area (TPSA) is 103 Å². The summed E-state index contributed by atoms with van der Waals surface area (Å²) in [5, 5.41) is 14.8. The molecule has 3 aromatic rings. The Labute approximate surface area is 168 Å². The highest BCUT2D eigenvalue weighted by Crippen LogP contribution is 2.37. The summed E-state index contributed by atoms with van der Waals surface area (Å²) in [4.78, 5) is 21.3. The van der Waals surface area contributed by atoms with Gasteiger partial charge in [-0.25, -0.2) is 9.97 Å². The van der Waals surface area contributed by atoms with Gasteiger partial charge in [0.25, 0.3) is 0 Å². The summed E-state index contributed by atoms with van der Waals surface area (Å²) < 4.78 is 10.5. The van der Waals surface area contributed by atoms with Crippen LogP contribution in [0.2, 0.25) is 0 Å². The van der Waals surface area contributed by atoms with Crippen LogP contribution in [0.5, 0.6) is 11.5 Å². The Morgan fingerprint density at radius 3 is 2.52 bits per heavy atom. The number of benzene rings is 2. The van der Waals surface area contributed by atoms with Crippen molar-refractivity contribution in [2.24, 2.45) is 0 Å². The monoisotopic (exact) mass is 395 g/mol. The van der Waals surface area contributed by atoms with Crippen molar-refractivity contribution in [1.82, 2.24) is 9.97 Å². The molecule has 150 valence electrons. The van der Waals surface area contributed by atoms with Crippen molar-refractivity contribution in [3.63, 3.8) is 0 Å². The summed E-state index contributed by atoms with van der Waals surface area (Å²) in [5.74, 6) is 1.36. The summed E-state index contributed by atoms with van der Waals surface area (Å²) in [6, 6.07) is 14.8. The summed E-state index contributed by atoms with van der Waals surface area (Å²) in [7, 11) is 4.81. The molecule has 0 spiro atoms. The number of nitrogens with zero attached hydrogens (tertiary/aromatic N) is 4. The minimum Gasteiger partial charge on any atom is -0.497 e. The summed E-state index contributed by atoms with van der Waals surface area (Å²) in [6.07, 6.45) is 1.29. The standard InChI is InChI=1S/C20H21N5O4/c1-24(12-14-7-5-4-6-8-14)20-18(25(26)27)19(21-13-22-20)23-16-10-9-15(28-2)11-17(16)29-3/h4-11,13H,12H2,1-3H3,(H,21,22,23). The first kappa shape index (κ1) is 19.9. The molecule has 0 aliphatic heterocycles. The third kappa shape index (κ3) is 4.52. The maximum atomic E-state index is 11.9. The van der Waals surface area contributed by atoms with Crippen LogP contribution in [-0.2, 0) is 6.54 Å². The Bertz CT molecular complexity index is 997. The Morgan fingerprint density at radius 2 is 1.86 bits per heavy atom. The molecule has 1 heterocycles. The molecule has 0 atom stereocenters. The van der Waals surface area contributed by atoms with Gasteiger partial charge in [-0.1, -0.05) is 30.3 Å². The van der Waals surface area contributed by atoms with Crippen molar-refractivity contribution in [3.05, 3.63) is 70.5 Å². The van der Waals surface area contributed by atoms with Crippen molar-refractivity contribution < 1.29 is 14.4 Å². The van der Waals surface area contributed by atoms with Gasteiger partial charge in [0.15, 0.2) is 0 Å². The molecule has 29 heavy (non-hydrogen) atoms. The predicted molar refractivity (Wildman–Crippen MR) is 110 cm³/mol. The summed E-state index contributed by atoms with van der Waals surface area (Å²) >= 11 is 0. The molecule has 0 amide bonds. The lowest BCUT2D eigenvalue weighted by molar-refractivity contribution is -0.383. The maximum Gasteiger partial charge on any atom is 0.353 e. The van der Waals surface area contributed by atoms with Gasteiger partial charge in [-0.3, -0.25) is 10.1 Å². The molecule has 0 unspecified atom stereocenters. The van der Waals surface area contributed by atoms with E-state index in [0.717, 1.165) is 5.56 Å². The molecule has 0 saturated carbocycles. The number of anilines is 3. The number of methoxy groups -OCH3 is 2. The Hall–Kier alpha value is -3.88. The van der Waals surface area contributed by atoms with E-state index in [9.17, 15) is 10.1 Å². The molecular formula is C20H21N5O4. The highest BCUT2D eigenvalue weighted by Gasteiger charge is 2.26. The van der Waals surface area contributed by atoms with E-state index in [0.29, 0.717) is 23.7 Å². The van der Waals surface area contributed by atoms with E-state index in [1.807, 2.05) is 30.3 Å². The molecule has 1 aromatic heterocycles. The van der Waals surface area contributed by atoms with Gasteiger partial charge in [0.1, 0.15) is 17.8 Å². The van der Waals surface area contributed by atoms with E-state index in [4.69, 9.17) is 9.47 Å². The second-order valence-corrected chi connectivity index (χ2v) is 6.18. The molecule has 0 aliphatic carbocycles. The molecule has 0 saturated heterocycles. The van der Waals surface area contributed by atoms with Crippen molar-refractivity contribution in [1.29, 1.82) is 0 Å². The van der Waals surface area contributed by atoms with Crippen molar-refractivity contribution in [3.8, 4) is 11.5 Å².